The van der Waals surface area contributed by atoms with Crippen LogP contribution in [-0.2, 0) is 16.0 Å². The lowest BCUT2D eigenvalue weighted by Gasteiger charge is -2.34. The molecule has 0 saturated carbocycles. The molecule has 0 bridgehead atoms. The Balaban J connectivity index is 1.49. The predicted molar refractivity (Wildman–Crippen MR) is 104 cm³/mol. The number of aromatic nitrogens is 2. The molecule has 0 radical (unpaired) electrons. The van der Waals surface area contributed by atoms with Gasteiger partial charge in [-0.15, -0.1) is 0 Å². The maximum atomic E-state index is 12.3. The van der Waals surface area contributed by atoms with Crippen molar-refractivity contribution >= 4 is 23.5 Å². The van der Waals surface area contributed by atoms with Gasteiger partial charge in [0.1, 0.15) is 11.9 Å². The summed E-state index contributed by atoms with van der Waals surface area (Å²) in [6, 6.07) is 7.51. The number of carbonyl (C=O) groups excluding carboxylic acids is 1. The van der Waals surface area contributed by atoms with Crippen molar-refractivity contribution in [3.8, 4) is 5.75 Å². The molecule has 144 valence electrons. The number of anilines is 1. The summed E-state index contributed by atoms with van der Waals surface area (Å²) in [5, 5.41) is 0.532. The molecule has 2 aromatic rings. The van der Waals surface area contributed by atoms with Gasteiger partial charge < -0.3 is 14.4 Å². The third kappa shape index (κ3) is 5.10. The Bertz CT molecular complexity index is 761. The normalized spacial score (nSPS) is 16.0. The maximum absolute atomic E-state index is 12.3. The Morgan fingerprint density at radius 3 is 2.59 bits per heavy atom. The van der Waals surface area contributed by atoms with E-state index in [0.29, 0.717) is 22.6 Å². The smallest absolute Gasteiger partial charge is 0.310 e. The van der Waals surface area contributed by atoms with Crippen molar-refractivity contribution in [1.29, 1.82) is 0 Å². The van der Waals surface area contributed by atoms with Crippen LogP contribution < -0.4 is 9.64 Å². The number of benzene rings is 1. The van der Waals surface area contributed by atoms with E-state index in [0.717, 1.165) is 31.5 Å². The van der Waals surface area contributed by atoms with Gasteiger partial charge in [-0.2, -0.15) is 0 Å². The van der Waals surface area contributed by atoms with Crippen LogP contribution in [-0.4, -0.2) is 42.2 Å². The molecule has 6 nitrogen and oxygen atoms in total. The van der Waals surface area contributed by atoms with Gasteiger partial charge in [0, 0.05) is 18.7 Å². The lowest BCUT2D eigenvalue weighted by molar-refractivity contribution is -0.150. The highest BCUT2D eigenvalue weighted by molar-refractivity contribution is 6.30. The first kappa shape index (κ1) is 19.4. The molecule has 0 aliphatic carbocycles. The first-order valence-corrected chi connectivity index (χ1v) is 9.48. The highest BCUT2D eigenvalue weighted by Crippen LogP contribution is 2.26. The Morgan fingerprint density at radius 2 is 1.93 bits per heavy atom. The number of hydrogen-bond acceptors (Lipinski definition) is 6. The van der Waals surface area contributed by atoms with Gasteiger partial charge in [0.15, 0.2) is 0 Å². The summed E-state index contributed by atoms with van der Waals surface area (Å²) >= 11 is 5.84. The van der Waals surface area contributed by atoms with Crippen LogP contribution in [0, 0.1) is 5.92 Å². The lowest BCUT2D eigenvalue weighted by atomic mass is 9.92. The number of halogens is 1. The molecule has 3 rings (SSSR count). The van der Waals surface area contributed by atoms with Crippen molar-refractivity contribution < 1.29 is 14.3 Å². The average Bonchev–Trinajstić information content (AvgIpc) is 2.69. The van der Waals surface area contributed by atoms with Gasteiger partial charge >= 0.3 is 5.97 Å². The molecule has 1 atom stereocenters. The zero-order chi connectivity index (χ0) is 19.2. The maximum Gasteiger partial charge on any atom is 0.310 e. The molecule has 0 amide bonds. The van der Waals surface area contributed by atoms with Crippen molar-refractivity contribution in [3.63, 3.8) is 0 Å². The van der Waals surface area contributed by atoms with Gasteiger partial charge in [0.2, 0.25) is 5.95 Å². The number of esters is 1. The molecule has 27 heavy (non-hydrogen) atoms. The minimum absolute atomic E-state index is 0.125. The summed E-state index contributed by atoms with van der Waals surface area (Å²) in [6.07, 6.45) is 5.16. The number of carbonyl (C=O) groups is 1. The Hall–Kier alpha value is -2.34. The molecule has 0 N–H and O–H groups in total. The van der Waals surface area contributed by atoms with Gasteiger partial charge in [0.05, 0.1) is 30.9 Å². The van der Waals surface area contributed by atoms with Crippen molar-refractivity contribution in [3.05, 3.63) is 47.2 Å². The second-order valence-electron chi connectivity index (χ2n) is 6.71. The minimum Gasteiger partial charge on any atom is -0.496 e. The quantitative estimate of drug-likeness (QED) is 0.704. The molecule has 1 aromatic carbocycles. The largest absolute Gasteiger partial charge is 0.496 e. The van der Waals surface area contributed by atoms with Gasteiger partial charge in [-0.3, -0.25) is 4.79 Å². The number of hydrogen-bond donors (Lipinski definition) is 0. The molecule has 1 unspecified atom stereocenters. The SMILES string of the molecule is COc1ccccc1CC(=O)OC(C)C1CCN(c2ncc(Cl)cn2)CC1. The van der Waals surface area contributed by atoms with E-state index in [1.54, 1.807) is 19.5 Å². The average molecular weight is 390 g/mol. The van der Waals surface area contributed by atoms with Gasteiger partial charge in [-0.25, -0.2) is 9.97 Å². The first-order valence-electron chi connectivity index (χ1n) is 9.10. The summed E-state index contributed by atoms with van der Waals surface area (Å²) in [6.45, 7) is 3.64. The number of para-hydroxylation sites is 1. The van der Waals surface area contributed by atoms with E-state index in [4.69, 9.17) is 21.1 Å². The summed E-state index contributed by atoms with van der Waals surface area (Å²) in [7, 11) is 1.60. The number of piperidine rings is 1. The zero-order valence-corrected chi connectivity index (χ0v) is 16.4. The minimum atomic E-state index is -0.226. The number of rotatable bonds is 6. The van der Waals surface area contributed by atoms with Crippen LogP contribution in [0.4, 0.5) is 5.95 Å². The topological polar surface area (TPSA) is 64.6 Å². The molecular weight excluding hydrogens is 366 g/mol. The van der Waals surface area contributed by atoms with E-state index in [-0.39, 0.29) is 18.5 Å². The second kappa shape index (κ2) is 9.04. The molecule has 0 spiro atoms. The highest BCUT2D eigenvalue weighted by atomic mass is 35.5. The number of nitrogens with zero attached hydrogens (tertiary/aromatic N) is 3. The fraction of sp³-hybridized carbons (Fsp3) is 0.450. The lowest BCUT2D eigenvalue weighted by Crippen LogP contribution is -2.39. The predicted octanol–water partition coefficient (Wildman–Crippen LogP) is 3.53. The van der Waals surface area contributed by atoms with Crippen molar-refractivity contribution in [2.45, 2.75) is 32.3 Å². The Kier molecular flexibility index (Phi) is 6.50. The monoisotopic (exact) mass is 389 g/mol. The Labute approximate surface area is 164 Å². The van der Waals surface area contributed by atoms with Crippen LogP contribution >= 0.6 is 11.6 Å². The fourth-order valence-corrected chi connectivity index (χ4v) is 3.48. The van der Waals surface area contributed by atoms with Crippen LogP contribution in [0.5, 0.6) is 5.75 Å². The van der Waals surface area contributed by atoms with E-state index >= 15 is 0 Å². The van der Waals surface area contributed by atoms with Crippen molar-refractivity contribution in [2.75, 3.05) is 25.1 Å². The van der Waals surface area contributed by atoms with E-state index in [2.05, 4.69) is 14.9 Å². The van der Waals surface area contributed by atoms with E-state index < -0.39 is 0 Å². The zero-order valence-electron chi connectivity index (χ0n) is 15.6. The number of ether oxygens (including phenoxy) is 2. The molecule has 1 saturated heterocycles. The van der Waals surface area contributed by atoms with Gasteiger partial charge in [0.25, 0.3) is 0 Å². The van der Waals surface area contributed by atoms with Crippen molar-refractivity contribution in [1.82, 2.24) is 9.97 Å². The summed E-state index contributed by atoms with van der Waals surface area (Å²) in [5.41, 5.74) is 0.840. The summed E-state index contributed by atoms with van der Waals surface area (Å²) in [4.78, 5) is 23.0. The van der Waals surface area contributed by atoms with Crippen LogP contribution in [0.25, 0.3) is 0 Å². The van der Waals surface area contributed by atoms with Crippen molar-refractivity contribution in [2.24, 2.45) is 5.92 Å². The molecule has 1 aliphatic rings. The summed E-state index contributed by atoms with van der Waals surface area (Å²) in [5.74, 6) is 1.50. The van der Waals surface area contributed by atoms with E-state index in [9.17, 15) is 4.79 Å². The molecule has 1 fully saturated rings. The standard InChI is InChI=1S/C20H24ClN3O3/c1-14(27-19(25)11-16-5-3-4-6-18(16)26-2)15-7-9-24(10-8-15)20-22-12-17(21)13-23-20/h3-6,12-15H,7-11H2,1-2H3. The van der Waals surface area contributed by atoms with E-state index in [1.165, 1.54) is 0 Å². The molecule has 2 heterocycles. The highest BCUT2D eigenvalue weighted by Gasteiger charge is 2.27. The Morgan fingerprint density at radius 1 is 1.26 bits per heavy atom. The first-order chi connectivity index (χ1) is 13.1. The van der Waals surface area contributed by atoms with Gasteiger partial charge in [-0.05, 0) is 31.7 Å². The fourth-order valence-electron chi connectivity index (χ4n) is 3.39. The molecule has 7 heteroatoms. The van der Waals surface area contributed by atoms with E-state index in [1.807, 2.05) is 31.2 Å². The van der Waals surface area contributed by atoms with Crippen LogP contribution in [0.15, 0.2) is 36.7 Å². The second-order valence-corrected chi connectivity index (χ2v) is 7.15. The van der Waals surface area contributed by atoms with Crippen LogP contribution in [0.3, 0.4) is 0 Å². The molecular formula is C20H24ClN3O3. The summed E-state index contributed by atoms with van der Waals surface area (Å²) < 4.78 is 11.0. The molecule has 1 aliphatic heterocycles. The molecule has 1 aromatic heterocycles. The third-order valence-corrected chi connectivity index (χ3v) is 5.13. The third-order valence-electron chi connectivity index (χ3n) is 4.94. The van der Waals surface area contributed by atoms with Crippen LogP contribution in [0.1, 0.15) is 25.3 Å². The van der Waals surface area contributed by atoms with Gasteiger partial charge in [-0.1, -0.05) is 29.8 Å². The number of methoxy groups -OCH3 is 1. The van der Waals surface area contributed by atoms with Crippen LogP contribution in [0.2, 0.25) is 5.02 Å².